The highest BCUT2D eigenvalue weighted by Crippen LogP contribution is 2.13. The monoisotopic (exact) mass is 244 g/mol. The minimum absolute atomic E-state index is 0.0845. The summed E-state index contributed by atoms with van der Waals surface area (Å²) in [4.78, 5) is 14.2. The first-order chi connectivity index (χ1) is 7.54. The molecule has 0 bridgehead atoms. The van der Waals surface area contributed by atoms with Crippen molar-refractivity contribution in [1.29, 1.82) is 0 Å². The van der Waals surface area contributed by atoms with Crippen LogP contribution in [-0.4, -0.2) is 41.7 Å². The zero-order valence-corrected chi connectivity index (χ0v) is 11.5. The summed E-state index contributed by atoms with van der Waals surface area (Å²) in [5.41, 5.74) is 0. The maximum atomic E-state index is 11.8. The van der Waals surface area contributed by atoms with E-state index in [1.165, 1.54) is 6.42 Å². The molecule has 0 spiro atoms. The van der Waals surface area contributed by atoms with Crippen LogP contribution in [0.2, 0.25) is 0 Å². The second-order valence-electron chi connectivity index (χ2n) is 4.93. The predicted octanol–water partition coefficient (Wildman–Crippen LogP) is 1.54. The average Bonchev–Trinajstić information content (AvgIpc) is 2.28. The number of hydrogen-bond acceptors (Lipinski definition) is 3. The van der Waals surface area contributed by atoms with E-state index in [1.807, 2.05) is 13.8 Å². The summed E-state index contributed by atoms with van der Waals surface area (Å²) in [6.45, 7) is 9.44. The Morgan fingerprint density at radius 2 is 2.25 bits per heavy atom. The summed E-state index contributed by atoms with van der Waals surface area (Å²) >= 11 is 4.34. The standard InChI is InChI=1S/C12H24N2OS/c1-4-14-7-5-6-10(8-14)13-12(15)11(16)9(2)3/h9-11,16H,4-8H2,1-3H3,(H,13,15). The average molecular weight is 244 g/mol. The van der Waals surface area contributed by atoms with Crippen molar-refractivity contribution < 1.29 is 4.79 Å². The lowest BCUT2D eigenvalue weighted by Gasteiger charge is -2.33. The number of amides is 1. The van der Waals surface area contributed by atoms with Crippen LogP contribution in [0.4, 0.5) is 0 Å². The minimum atomic E-state index is -0.183. The van der Waals surface area contributed by atoms with Crippen LogP contribution in [0.1, 0.15) is 33.6 Å². The molecule has 1 amide bonds. The molecule has 3 nitrogen and oxygen atoms in total. The van der Waals surface area contributed by atoms with Crippen molar-refractivity contribution in [3.8, 4) is 0 Å². The van der Waals surface area contributed by atoms with Gasteiger partial charge in [0, 0.05) is 12.6 Å². The van der Waals surface area contributed by atoms with Crippen LogP contribution in [0.25, 0.3) is 0 Å². The molecule has 1 aliphatic heterocycles. The van der Waals surface area contributed by atoms with Crippen molar-refractivity contribution in [2.75, 3.05) is 19.6 Å². The summed E-state index contributed by atoms with van der Waals surface area (Å²) < 4.78 is 0. The number of likely N-dealkylation sites (tertiary alicyclic amines) is 1. The van der Waals surface area contributed by atoms with Gasteiger partial charge in [0.15, 0.2) is 0 Å². The van der Waals surface area contributed by atoms with Gasteiger partial charge in [-0.1, -0.05) is 20.8 Å². The largest absolute Gasteiger partial charge is 0.351 e. The Morgan fingerprint density at radius 3 is 2.81 bits per heavy atom. The summed E-state index contributed by atoms with van der Waals surface area (Å²) in [5.74, 6) is 0.371. The van der Waals surface area contributed by atoms with Crippen molar-refractivity contribution >= 4 is 18.5 Å². The highest BCUT2D eigenvalue weighted by molar-refractivity contribution is 7.81. The van der Waals surface area contributed by atoms with Crippen molar-refractivity contribution in [3.05, 3.63) is 0 Å². The van der Waals surface area contributed by atoms with Crippen LogP contribution < -0.4 is 5.32 Å². The lowest BCUT2D eigenvalue weighted by atomic mass is 10.0. The molecule has 1 saturated heterocycles. The lowest BCUT2D eigenvalue weighted by molar-refractivity contribution is -0.122. The van der Waals surface area contributed by atoms with E-state index in [-0.39, 0.29) is 17.1 Å². The van der Waals surface area contributed by atoms with E-state index in [1.54, 1.807) is 0 Å². The molecule has 0 radical (unpaired) electrons. The molecule has 1 fully saturated rings. The molecule has 94 valence electrons. The Morgan fingerprint density at radius 1 is 1.56 bits per heavy atom. The Labute approximate surface area is 104 Å². The molecule has 0 saturated carbocycles. The zero-order chi connectivity index (χ0) is 12.1. The highest BCUT2D eigenvalue weighted by atomic mass is 32.1. The smallest absolute Gasteiger partial charge is 0.233 e. The molecule has 2 unspecified atom stereocenters. The second-order valence-corrected chi connectivity index (χ2v) is 5.49. The van der Waals surface area contributed by atoms with Crippen LogP contribution in [0.15, 0.2) is 0 Å². The van der Waals surface area contributed by atoms with E-state index in [0.29, 0.717) is 6.04 Å². The number of rotatable bonds is 4. The first-order valence-electron chi connectivity index (χ1n) is 6.25. The van der Waals surface area contributed by atoms with Gasteiger partial charge < -0.3 is 10.2 Å². The maximum absolute atomic E-state index is 11.8. The molecular formula is C12H24N2OS. The van der Waals surface area contributed by atoms with E-state index in [2.05, 4.69) is 29.8 Å². The number of likely N-dealkylation sites (N-methyl/N-ethyl adjacent to an activating group) is 1. The van der Waals surface area contributed by atoms with Gasteiger partial charge in [0.2, 0.25) is 5.91 Å². The minimum Gasteiger partial charge on any atom is -0.351 e. The first-order valence-corrected chi connectivity index (χ1v) is 6.77. The van der Waals surface area contributed by atoms with Crippen LogP contribution >= 0.6 is 12.6 Å². The van der Waals surface area contributed by atoms with Crippen molar-refractivity contribution in [2.24, 2.45) is 5.92 Å². The van der Waals surface area contributed by atoms with Gasteiger partial charge in [0.1, 0.15) is 0 Å². The van der Waals surface area contributed by atoms with E-state index in [0.717, 1.165) is 26.1 Å². The Balaban J connectivity index is 2.38. The molecule has 1 aliphatic rings. The molecular weight excluding hydrogens is 220 g/mol. The van der Waals surface area contributed by atoms with Gasteiger partial charge in [0.05, 0.1) is 5.25 Å². The van der Waals surface area contributed by atoms with E-state index in [4.69, 9.17) is 0 Å². The lowest BCUT2D eigenvalue weighted by Crippen LogP contribution is -2.49. The number of hydrogen-bond donors (Lipinski definition) is 2. The highest BCUT2D eigenvalue weighted by Gasteiger charge is 2.24. The summed E-state index contributed by atoms with van der Waals surface area (Å²) in [6, 6.07) is 0.314. The number of nitrogens with zero attached hydrogens (tertiary/aromatic N) is 1. The van der Waals surface area contributed by atoms with Crippen LogP contribution in [-0.2, 0) is 4.79 Å². The number of nitrogens with one attached hydrogen (secondary N) is 1. The Hall–Kier alpha value is -0.220. The molecule has 1 N–H and O–H groups in total. The topological polar surface area (TPSA) is 32.3 Å². The fourth-order valence-corrected chi connectivity index (χ4v) is 2.12. The predicted molar refractivity (Wildman–Crippen MR) is 70.9 cm³/mol. The normalized spacial score (nSPS) is 24.4. The van der Waals surface area contributed by atoms with Crippen molar-refractivity contribution in [3.63, 3.8) is 0 Å². The SMILES string of the molecule is CCN1CCCC(NC(=O)C(S)C(C)C)C1. The van der Waals surface area contributed by atoms with Crippen LogP contribution in [0.5, 0.6) is 0 Å². The Kier molecular flexibility index (Phi) is 5.62. The van der Waals surface area contributed by atoms with Gasteiger partial charge in [-0.3, -0.25) is 4.79 Å². The Bertz CT molecular complexity index is 233. The molecule has 0 aromatic heterocycles. The molecule has 16 heavy (non-hydrogen) atoms. The van der Waals surface area contributed by atoms with E-state index < -0.39 is 0 Å². The molecule has 4 heteroatoms. The number of carbonyl (C=O) groups is 1. The summed E-state index contributed by atoms with van der Waals surface area (Å²) in [6.07, 6.45) is 2.28. The van der Waals surface area contributed by atoms with Gasteiger partial charge in [-0.25, -0.2) is 0 Å². The van der Waals surface area contributed by atoms with Crippen LogP contribution in [0, 0.1) is 5.92 Å². The van der Waals surface area contributed by atoms with E-state index in [9.17, 15) is 4.79 Å². The molecule has 1 rings (SSSR count). The molecule has 2 atom stereocenters. The van der Waals surface area contributed by atoms with Gasteiger partial charge in [-0.2, -0.15) is 12.6 Å². The molecule has 0 aromatic rings. The number of piperidine rings is 1. The fourth-order valence-electron chi connectivity index (χ4n) is 2.05. The molecule has 0 aliphatic carbocycles. The zero-order valence-electron chi connectivity index (χ0n) is 10.6. The number of thiol groups is 1. The molecule has 0 aromatic carbocycles. The summed E-state index contributed by atoms with van der Waals surface area (Å²) in [7, 11) is 0. The fraction of sp³-hybridized carbons (Fsp3) is 0.917. The van der Waals surface area contributed by atoms with Gasteiger partial charge in [0.25, 0.3) is 0 Å². The van der Waals surface area contributed by atoms with Gasteiger partial charge >= 0.3 is 0 Å². The maximum Gasteiger partial charge on any atom is 0.233 e. The quantitative estimate of drug-likeness (QED) is 0.735. The van der Waals surface area contributed by atoms with Crippen LogP contribution in [0.3, 0.4) is 0 Å². The third-order valence-electron chi connectivity index (χ3n) is 3.20. The third kappa shape index (κ3) is 3.98. The van der Waals surface area contributed by atoms with E-state index >= 15 is 0 Å². The van der Waals surface area contributed by atoms with Crippen molar-refractivity contribution in [1.82, 2.24) is 10.2 Å². The first kappa shape index (κ1) is 13.8. The third-order valence-corrected chi connectivity index (χ3v) is 4.03. The number of carbonyl (C=O) groups excluding carboxylic acids is 1. The molecule has 1 heterocycles. The van der Waals surface area contributed by atoms with Crippen molar-refractivity contribution in [2.45, 2.75) is 44.9 Å². The summed E-state index contributed by atoms with van der Waals surface area (Å²) in [5, 5.41) is 2.92. The van der Waals surface area contributed by atoms with Gasteiger partial charge in [-0.15, -0.1) is 0 Å². The van der Waals surface area contributed by atoms with Gasteiger partial charge in [-0.05, 0) is 31.8 Å². The second kappa shape index (κ2) is 6.50.